The summed E-state index contributed by atoms with van der Waals surface area (Å²) >= 11 is 1.68. The van der Waals surface area contributed by atoms with Gasteiger partial charge in [-0.1, -0.05) is 6.42 Å². The number of rotatable bonds is 2. The van der Waals surface area contributed by atoms with Gasteiger partial charge in [0.1, 0.15) is 17.5 Å². The van der Waals surface area contributed by atoms with E-state index in [4.69, 9.17) is 5.26 Å². The highest BCUT2D eigenvalue weighted by Crippen LogP contribution is 2.26. The van der Waals surface area contributed by atoms with Crippen LogP contribution in [-0.4, -0.2) is 27.1 Å². The molecule has 0 spiro atoms. The summed E-state index contributed by atoms with van der Waals surface area (Å²) in [7, 11) is 0. The smallest absolute Gasteiger partial charge is 0.238 e. The predicted octanol–water partition coefficient (Wildman–Crippen LogP) is 1.51. The lowest BCUT2D eigenvalue weighted by molar-refractivity contribution is -0.115. The van der Waals surface area contributed by atoms with Crippen molar-refractivity contribution in [1.29, 1.82) is 5.26 Å². The van der Waals surface area contributed by atoms with E-state index in [9.17, 15) is 4.79 Å². The predicted molar refractivity (Wildman–Crippen MR) is 62.0 cm³/mol. The van der Waals surface area contributed by atoms with Crippen molar-refractivity contribution in [3.8, 4) is 6.07 Å². The maximum Gasteiger partial charge on any atom is 0.238 e. The van der Waals surface area contributed by atoms with Gasteiger partial charge in [0.25, 0.3) is 0 Å². The van der Waals surface area contributed by atoms with Gasteiger partial charge in [-0.05, 0) is 18.6 Å². The summed E-state index contributed by atoms with van der Waals surface area (Å²) in [6.45, 7) is 0. The summed E-state index contributed by atoms with van der Waals surface area (Å²) in [5, 5.41) is 17.8. The Labute approximate surface area is 97.6 Å². The third-order valence-electron chi connectivity index (χ3n) is 2.48. The Morgan fingerprint density at radius 1 is 1.69 bits per heavy atom. The number of carbonyl (C=O) groups excluding carboxylic acids is 1. The molecule has 1 amide bonds. The minimum Gasteiger partial charge on any atom is -0.309 e. The summed E-state index contributed by atoms with van der Waals surface area (Å²) in [6.07, 6.45) is 4.59. The molecule has 2 heterocycles. The van der Waals surface area contributed by atoms with E-state index in [-0.39, 0.29) is 11.2 Å². The second-order valence-corrected chi connectivity index (χ2v) is 4.93. The zero-order valence-corrected chi connectivity index (χ0v) is 9.51. The third kappa shape index (κ3) is 2.36. The van der Waals surface area contributed by atoms with E-state index in [1.165, 1.54) is 12.6 Å². The zero-order chi connectivity index (χ0) is 11.4. The first-order valence-corrected chi connectivity index (χ1v) is 6.22. The number of amides is 1. The minimum absolute atomic E-state index is 0.00333. The lowest BCUT2D eigenvalue weighted by atomic mass is 10.2. The van der Waals surface area contributed by atoms with Crippen molar-refractivity contribution >= 4 is 23.5 Å². The molecular formula is C10H12N4OS. The van der Waals surface area contributed by atoms with Crippen molar-refractivity contribution in [3.05, 3.63) is 11.8 Å². The number of hydrogen-bond donors (Lipinski definition) is 2. The Hall–Kier alpha value is -1.48. The largest absolute Gasteiger partial charge is 0.309 e. The third-order valence-corrected chi connectivity index (χ3v) is 3.86. The Morgan fingerprint density at radius 3 is 3.25 bits per heavy atom. The molecule has 1 saturated heterocycles. The molecule has 0 saturated carbocycles. The van der Waals surface area contributed by atoms with Crippen LogP contribution in [0.2, 0.25) is 0 Å². The van der Waals surface area contributed by atoms with Crippen LogP contribution in [0.4, 0.5) is 5.82 Å². The van der Waals surface area contributed by atoms with Crippen LogP contribution in [0.5, 0.6) is 0 Å². The second kappa shape index (κ2) is 5.03. The maximum absolute atomic E-state index is 11.8. The number of nitrogens with one attached hydrogen (secondary N) is 2. The molecule has 1 fully saturated rings. The number of aromatic amines is 1. The molecule has 0 bridgehead atoms. The van der Waals surface area contributed by atoms with Crippen molar-refractivity contribution in [2.75, 3.05) is 11.1 Å². The van der Waals surface area contributed by atoms with Gasteiger partial charge >= 0.3 is 0 Å². The van der Waals surface area contributed by atoms with Gasteiger partial charge in [-0.15, -0.1) is 11.8 Å². The molecule has 84 valence electrons. The Balaban J connectivity index is 1.99. The van der Waals surface area contributed by atoms with Crippen molar-refractivity contribution in [1.82, 2.24) is 10.2 Å². The van der Waals surface area contributed by atoms with Crippen LogP contribution >= 0.6 is 11.8 Å². The van der Waals surface area contributed by atoms with E-state index in [0.717, 1.165) is 18.6 Å². The number of carbonyl (C=O) groups is 1. The fourth-order valence-electron chi connectivity index (χ4n) is 1.62. The van der Waals surface area contributed by atoms with Crippen LogP contribution in [0, 0.1) is 11.3 Å². The van der Waals surface area contributed by atoms with Gasteiger partial charge in [0, 0.05) is 0 Å². The van der Waals surface area contributed by atoms with Gasteiger partial charge in [-0.3, -0.25) is 9.89 Å². The molecule has 1 atom stereocenters. The van der Waals surface area contributed by atoms with Gasteiger partial charge in [-0.2, -0.15) is 10.4 Å². The maximum atomic E-state index is 11.8. The molecule has 1 unspecified atom stereocenters. The quantitative estimate of drug-likeness (QED) is 0.815. The monoisotopic (exact) mass is 236 g/mol. The Kier molecular flexibility index (Phi) is 3.47. The Bertz CT molecular complexity index is 417. The molecule has 5 nitrogen and oxygen atoms in total. The van der Waals surface area contributed by atoms with Crippen LogP contribution in [0.15, 0.2) is 6.20 Å². The van der Waals surface area contributed by atoms with Gasteiger partial charge < -0.3 is 5.32 Å². The molecule has 1 aliphatic rings. The molecule has 0 aliphatic carbocycles. The van der Waals surface area contributed by atoms with Crippen LogP contribution < -0.4 is 5.32 Å². The number of aromatic nitrogens is 2. The van der Waals surface area contributed by atoms with E-state index in [1.807, 2.05) is 6.07 Å². The summed E-state index contributed by atoms with van der Waals surface area (Å²) in [6, 6.07) is 1.97. The minimum atomic E-state index is -0.0366. The van der Waals surface area contributed by atoms with E-state index < -0.39 is 0 Å². The van der Waals surface area contributed by atoms with E-state index in [0.29, 0.717) is 11.4 Å². The number of H-pyrrole nitrogens is 1. The number of thioether (sulfide) groups is 1. The molecule has 0 aromatic carbocycles. The van der Waals surface area contributed by atoms with Gasteiger partial charge in [0.15, 0.2) is 0 Å². The molecule has 6 heteroatoms. The summed E-state index contributed by atoms with van der Waals surface area (Å²) in [5.74, 6) is 1.40. The van der Waals surface area contributed by atoms with Crippen molar-refractivity contribution in [2.24, 2.45) is 0 Å². The molecular weight excluding hydrogens is 224 g/mol. The zero-order valence-electron chi connectivity index (χ0n) is 8.69. The lowest BCUT2D eigenvalue weighted by Gasteiger charge is -2.19. The lowest BCUT2D eigenvalue weighted by Crippen LogP contribution is -2.27. The van der Waals surface area contributed by atoms with Gasteiger partial charge in [-0.25, -0.2) is 0 Å². The SMILES string of the molecule is N#Cc1cn[nH]c1NC(=O)C1CCCCS1. The first-order valence-electron chi connectivity index (χ1n) is 5.17. The molecule has 1 aromatic heterocycles. The number of nitriles is 1. The first kappa shape index (κ1) is 11.0. The second-order valence-electron chi connectivity index (χ2n) is 3.61. The van der Waals surface area contributed by atoms with Crippen molar-refractivity contribution in [3.63, 3.8) is 0 Å². The highest BCUT2D eigenvalue weighted by Gasteiger charge is 2.22. The normalized spacial score (nSPS) is 20.1. The van der Waals surface area contributed by atoms with Crippen LogP contribution in [0.1, 0.15) is 24.8 Å². The molecule has 2 rings (SSSR count). The summed E-state index contributed by atoms with van der Waals surface area (Å²) in [5.41, 5.74) is 0.370. The standard InChI is InChI=1S/C10H12N4OS/c11-5-7-6-12-14-9(7)13-10(15)8-3-1-2-4-16-8/h6,8H,1-4H2,(H2,12,13,14,15). The first-order chi connectivity index (χ1) is 7.81. The average Bonchev–Trinajstić information content (AvgIpc) is 2.77. The van der Waals surface area contributed by atoms with Crippen molar-refractivity contribution < 1.29 is 4.79 Å². The summed E-state index contributed by atoms with van der Waals surface area (Å²) in [4.78, 5) is 11.8. The molecule has 2 N–H and O–H groups in total. The van der Waals surface area contributed by atoms with Crippen LogP contribution in [-0.2, 0) is 4.79 Å². The van der Waals surface area contributed by atoms with Gasteiger partial charge in [0.2, 0.25) is 5.91 Å². The molecule has 16 heavy (non-hydrogen) atoms. The van der Waals surface area contributed by atoms with Crippen LogP contribution in [0.25, 0.3) is 0 Å². The highest BCUT2D eigenvalue weighted by atomic mass is 32.2. The fourth-order valence-corrected chi connectivity index (χ4v) is 2.82. The van der Waals surface area contributed by atoms with Crippen LogP contribution in [0.3, 0.4) is 0 Å². The molecule has 1 aliphatic heterocycles. The molecule has 0 radical (unpaired) electrons. The fraction of sp³-hybridized carbons (Fsp3) is 0.500. The summed E-state index contributed by atoms with van der Waals surface area (Å²) < 4.78 is 0. The van der Waals surface area contributed by atoms with Crippen molar-refractivity contribution in [2.45, 2.75) is 24.5 Å². The number of anilines is 1. The average molecular weight is 236 g/mol. The topological polar surface area (TPSA) is 81.6 Å². The Morgan fingerprint density at radius 2 is 2.56 bits per heavy atom. The van der Waals surface area contributed by atoms with Gasteiger partial charge in [0.05, 0.1) is 11.4 Å². The van der Waals surface area contributed by atoms with E-state index >= 15 is 0 Å². The van der Waals surface area contributed by atoms with E-state index in [1.54, 1.807) is 11.8 Å². The van der Waals surface area contributed by atoms with E-state index in [2.05, 4.69) is 15.5 Å². The number of hydrogen-bond acceptors (Lipinski definition) is 4. The highest BCUT2D eigenvalue weighted by molar-refractivity contribution is 8.00. The molecule has 1 aromatic rings. The number of nitrogens with zero attached hydrogens (tertiary/aromatic N) is 2.